The topological polar surface area (TPSA) is 0 Å². The van der Waals surface area contributed by atoms with E-state index >= 15 is 0 Å². The van der Waals surface area contributed by atoms with Crippen LogP contribution in [0.15, 0.2) is 11.6 Å². The molecule has 0 aromatic heterocycles. The van der Waals surface area contributed by atoms with Crippen LogP contribution in [0.3, 0.4) is 0 Å². The summed E-state index contributed by atoms with van der Waals surface area (Å²) in [7, 11) is 0. The lowest BCUT2D eigenvalue weighted by atomic mass is 10.1. The molecule has 8 rings (SSSR count). The zero-order valence-corrected chi connectivity index (χ0v) is 38.9. The summed E-state index contributed by atoms with van der Waals surface area (Å²) in [4.78, 5) is 0. The van der Waals surface area contributed by atoms with Crippen LogP contribution >= 0.6 is 66.7 Å². The molecular formula is C41H72Br2Cl3F3. The molecule has 0 saturated heterocycles. The number of hydrogen-bond acceptors (Lipinski definition) is 0. The molecule has 0 spiro atoms. The maximum absolute atomic E-state index is 11.5. The summed E-state index contributed by atoms with van der Waals surface area (Å²) in [6, 6.07) is 0. The summed E-state index contributed by atoms with van der Waals surface area (Å²) in [5.74, 6) is 4.77. The van der Waals surface area contributed by atoms with Gasteiger partial charge >= 0.3 is 0 Å². The van der Waals surface area contributed by atoms with E-state index in [0.29, 0.717) is 31.3 Å². The van der Waals surface area contributed by atoms with Gasteiger partial charge in [0.2, 0.25) is 0 Å². The highest BCUT2D eigenvalue weighted by Crippen LogP contribution is 2.59. The van der Waals surface area contributed by atoms with Crippen LogP contribution < -0.4 is 0 Å². The first-order valence-electron chi connectivity index (χ1n) is 19.0. The van der Waals surface area contributed by atoms with E-state index in [1.165, 1.54) is 31.3 Å². The van der Waals surface area contributed by atoms with Crippen molar-refractivity contribution in [3.8, 4) is 0 Å². The zero-order chi connectivity index (χ0) is 38.7. The molecule has 0 bridgehead atoms. The fourth-order valence-corrected chi connectivity index (χ4v) is 6.21. The first-order chi connectivity index (χ1) is 21.9. The van der Waals surface area contributed by atoms with Crippen molar-refractivity contribution >= 4 is 66.7 Å². The maximum atomic E-state index is 11.5. The van der Waals surface area contributed by atoms with Crippen molar-refractivity contribution in [1.82, 2.24) is 0 Å². The van der Waals surface area contributed by atoms with Gasteiger partial charge in [-0.1, -0.05) is 134 Å². The summed E-state index contributed by atoms with van der Waals surface area (Å²) >= 11 is 23.6. The van der Waals surface area contributed by atoms with Gasteiger partial charge in [-0.3, -0.25) is 0 Å². The molecule has 0 heterocycles. The smallest absolute Gasteiger partial charge is 0.247 e. The summed E-state index contributed by atoms with van der Waals surface area (Å²) in [5, 5.41) is 0.523. The molecule has 0 aromatic rings. The Kier molecular flexibility index (Phi) is 18.6. The van der Waals surface area contributed by atoms with Gasteiger partial charge in [-0.25, -0.2) is 13.2 Å². The second-order valence-electron chi connectivity index (χ2n) is 18.7. The number of alkyl halides is 8. The lowest BCUT2D eigenvalue weighted by Gasteiger charge is -1.96. The standard InChI is InChI=1S/C10H18.C6H12.C5H10.C4H6Br2.C4H6Cl2.C4H7Cl.C4H6F2.C4H7F/c1-7(2)6-9-8(3)10(9,4)5;1-5-4-6(5,2)3;1-4-3-5(4)2;2*1-3-2-4(3,5)6;1-3-2-4(3)5;1-3-2-4(3,5)6;1-3-2-4(3)5/h6,8-9H,1-5H3;5H,4H2,1-3H3;4-5H,3H2,1-2H3;2*3H,2H2,1H3;3-4H,2H2,1H3;3H,2H2,1H3;3-4H,2H2,1H3. The van der Waals surface area contributed by atoms with Crippen LogP contribution in [-0.2, 0) is 0 Å². The number of halogens is 8. The molecule has 0 aliphatic heterocycles. The Labute approximate surface area is 333 Å². The van der Waals surface area contributed by atoms with E-state index in [9.17, 15) is 13.2 Å². The molecule has 8 fully saturated rings. The van der Waals surface area contributed by atoms with Gasteiger partial charge in [-0.2, -0.15) is 0 Å². The molecule has 8 heteroatoms. The Morgan fingerprint density at radius 3 is 0.898 bits per heavy atom. The predicted molar refractivity (Wildman–Crippen MR) is 220 cm³/mol. The Morgan fingerprint density at radius 1 is 0.653 bits per heavy atom. The fourth-order valence-electron chi connectivity index (χ4n) is 4.50. The normalized spacial score (nSPS) is 41.6. The summed E-state index contributed by atoms with van der Waals surface area (Å²) < 4.78 is 34.5. The van der Waals surface area contributed by atoms with Crippen molar-refractivity contribution in [2.45, 2.75) is 174 Å². The van der Waals surface area contributed by atoms with Gasteiger partial charge < -0.3 is 0 Å². The molecule has 0 radical (unpaired) electrons. The van der Waals surface area contributed by atoms with Crippen LogP contribution in [0.1, 0.15) is 149 Å². The molecule has 12 unspecified atom stereocenters. The van der Waals surface area contributed by atoms with Crippen molar-refractivity contribution in [3.05, 3.63) is 11.6 Å². The molecule has 0 amide bonds. The van der Waals surface area contributed by atoms with E-state index in [1.54, 1.807) is 6.92 Å². The number of hydrogen-bond donors (Lipinski definition) is 0. The largest absolute Gasteiger partial charge is 0.251 e. The summed E-state index contributed by atoms with van der Waals surface area (Å²) in [6.45, 7) is 32.8. The average molecular weight is 888 g/mol. The number of rotatable bonds is 1. The molecule has 0 N–H and O–H groups in total. The highest BCUT2D eigenvalue weighted by atomic mass is 79.9. The second kappa shape index (κ2) is 18.8. The lowest BCUT2D eigenvalue weighted by Crippen LogP contribution is -1.87. The zero-order valence-electron chi connectivity index (χ0n) is 33.5. The quantitative estimate of drug-likeness (QED) is 0.182. The van der Waals surface area contributed by atoms with Crippen molar-refractivity contribution in [2.24, 2.45) is 70.0 Å². The van der Waals surface area contributed by atoms with E-state index in [-0.39, 0.29) is 16.7 Å². The molecule has 292 valence electrons. The Bertz CT molecular complexity index is 910. The van der Waals surface area contributed by atoms with Gasteiger partial charge in [-0.15, -0.1) is 34.8 Å². The van der Waals surface area contributed by atoms with Crippen molar-refractivity contribution in [2.75, 3.05) is 0 Å². The highest BCUT2D eigenvalue weighted by molar-refractivity contribution is 9.25. The average Bonchev–Trinajstić information content (AvgIpc) is 3.43. The van der Waals surface area contributed by atoms with Crippen LogP contribution in [0.2, 0.25) is 0 Å². The van der Waals surface area contributed by atoms with E-state index in [0.717, 1.165) is 54.3 Å². The van der Waals surface area contributed by atoms with Crippen LogP contribution in [0.4, 0.5) is 13.2 Å². The minimum Gasteiger partial charge on any atom is -0.247 e. The molecule has 12 atom stereocenters. The Balaban J connectivity index is 0.000000283. The van der Waals surface area contributed by atoms with E-state index < -0.39 is 12.1 Å². The Morgan fingerprint density at radius 2 is 0.878 bits per heavy atom. The SMILES string of the molecule is CC(C)=CC1C(C)C1(C)C.CC1CC1(Br)Br.CC1CC1(C)C.CC1CC1(Cl)Cl.CC1CC1(F)F.CC1CC1C.CC1CC1Cl.CC1CC1F. The predicted octanol–water partition coefficient (Wildman–Crippen LogP) is 16.3. The van der Waals surface area contributed by atoms with Crippen molar-refractivity contribution in [1.29, 1.82) is 0 Å². The van der Waals surface area contributed by atoms with Crippen molar-refractivity contribution in [3.63, 3.8) is 0 Å². The monoisotopic (exact) mass is 884 g/mol. The van der Waals surface area contributed by atoms with Crippen molar-refractivity contribution < 1.29 is 13.2 Å². The fraction of sp³-hybridized carbons (Fsp3) is 0.951. The third-order valence-corrected chi connectivity index (χ3v) is 15.8. The van der Waals surface area contributed by atoms with Crippen LogP contribution in [0.25, 0.3) is 0 Å². The van der Waals surface area contributed by atoms with Gasteiger partial charge in [-0.05, 0) is 116 Å². The van der Waals surface area contributed by atoms with Crippen LogP contribution in [0, 0.1) is 70.0 Å². The van der Waals surface area contributed by atoms with E-state index in [4.69, 9.17) is 34.8 Å². The first kappa shape index (κ1) is 48.4. The summed E-state index contributed by atoms with van der Waals surface area (Å²) in [5.41, 5.74) is 2.75. The van der Waals surface area contributed by atoms with Gasteiger partial charge in [0.15, 0.2) is 0 Å². The molecule has 8 aliphatic carbocycles. The highest BCUT2D eigenvalue weighted by Gasteiger charge is 2.53. The van der Waals surface area contributed by atoms with E-state index in [2.05, 4.69) is 121 Å². The van der Waals surface area contributed by atoms with Gasteiger partial charge in [0.1, 0.15) is 10.5 Å². The molecular weight excluding hydrogens is 816 g/mol. The lowest BCUT2D eigenvalue weighted by molar-refractivity contribution is 0.102. The molecule has 0 nitrogen and oxygen atoms in total. The minimum absolute atomic E-state index is 0.104. The first-order valence-corrected chi connectivity index (χ1v) is 21.7. The van der Waals surface area contributed by atoms with Gasteiger partial charge in [0.05, 0.1) is 3.23 Å². The third-order valence-electron chi connectivity index (χ3n) is 11.9. The second-order valence-corrected chi connectivity index (χ2v) is 24.7. The minimum atomic E-state index is -2.29. The number of allylic oxidation sites excluding steroid dienone is 2. The van der Waals surface area contributed by atoms with Gasteiger partial charge in [0, 0.05) is 17.7 Å². The van der Waals surface area contributed by atoms with Crippen LogP contribution in [-0.4, -0.2) is 25.0 Å². The summed E-state index contributed by atoms with van der Waals surface area (Å²) in [6.07, 6.45) is 9.25. The van der Waals surface area contributed by atoms with Crippen LogP contribution in [0.5, 0.6) is 0 Å². The molecule has 8 aliphatic rings. The molecule has 8 saturated carbocycles. The maximum Gasteiger partial charge on any atom is 0.251 e. The van der Waals surface area contributed by atoms with Gasteiger partial charge in [0.25, 0.3) is 5.92 Å². The molecule has 49 heavy (non-hydrogen) atoms. The van der Waals surface area contributed by atoms with E-state index in [1.807, 2.05) is 13.8 Å². The Hall–Kier alpha value is 1.36. The third kappa shape index (κ3) is 20.6. The molecule has 0 aromatic carbocycles.